The molecule has 23 heavy (non-hydrogen) atoms. The predicted octanol–water partition coefficient (Wildman–Crippen LogP) is 3.04. The van der Waals surface area contributed by atoms with Gasteiger partial charge in [-0.05, 0) is 48.1 Å². The van der Waals surface area contributed by atoms with E-state index in [2.05, 4.69) is 32.1 Å². The second kappa shape index (κ2) is 7.98. The van der Waals surface area contributed by atoms with Gasteiger partial charge in [0.25, 0.3) is 5.91 Å². The summed E-state index contributed by atoms with van der Waals surface area (Å²) < 4.78 is 26.5. The molecule has 120 valence electrons. The third-order valence-corrected chi connectivity index (χ3v) is 3.48. The lowest BCUT2D eigenvalue weighted by Crippen LogP contribution is -2.46. The van der Waals surface area contributed by atoms with E-state index in [0.717, 1.165) is 11.6 Å². The fraction of sp³-hybridized carbons (Fsp3) is 0.0667. The van der Waals surface area contributed by atoms with Crippen molar-refractivity contribution >= 4 is 39.2 Å². The van der Waals surface area contributed by atoms with E-state index in [0.29, 0.717) is 11.0 Å². The van der Waals surface area contributed by atoms with Crippen molar-refractivity contribution in [3.05, 3.63) is 69.7 Å². The summed E-state index contributed by atoms with van der Waals surface area (Å²) >= 11 is 8.12. The highest BCUT2D eigenvalue weighted by molar-refractivity contribution is 9.10. The Labute approximate surface area is 145 Å². The maximum Gasteiger partial charge on any atom is 0.269 e. The molecule has 0 aliphatic heterocycles. The predicted molar refractivity (Wildman–Crippen MR) is 90.5 cm³/mol. The first kappa shape index (κ1) is 17.3. The van der Waals surface area contributed by atoms with Crippen LogP contribution in [0.2, 0.25) is 0 Å². The molecule has 0 bridgehead atoms. The van der Waals surface area contributed by atoms with Crippen molar-refractivity contribution in [1.29, 1.82) is 0 Å². The van der Waals surface area contributed by atoms with Gasteiger partial charge in [-0.3, -0.25) is 15.6 Å². The number of nitrogens with one attached hydrogen (secondary N) is 3. The van der Waals surface area contributed by atoms with Crippen LogP contribution in [0.1, 0.15) is 15.9 Å². The van der Waals surface area contributed by atoms with Gasteiger partial charge in [0.05, 0.1) is 0 Å². The largest absolute Gasteiger partial charge is 0.357 e. The molecular weight excluding hydrogens is 388 g/mol. The van der Waals surface area contributed by atoms with Gasteiger partial charge in [0.15, 0.2) is 5.11 Å². The highest BCUT2D eigenvalue weighted by atomic mass is 79.9. The van der Waals surface area contributed by atoms with Crippen molar-refractivity contribution in [2.45, 2.75) is 6.54 Å². The Bertz CT molecular complexity index is 705. The number of benzene rings is 2. The van der Waals surface area contributed by atoms with Gasteiger partial charge in [0.1, 0.15) is 11.6 Å². The SMILES string of the molecule is O=C(NNC(=S)NCc1ccc(F)cc1)c1cc(F)cc(Br)c1. The molecule has 0 saturated carbocycles. The van der Waals surface area contributed by atoms with Gasteiger partial charge in [-0.1, -0.05) is 28.1 Å². The molecule has 0 atom stereocenters. The zero-order valence-corrected chi connectivity index (χ0v) is 14.1. The first-order valence-corrected chi connectivity index (χ1v) is 7.69. The molecule has 0 radical (unpaired) electrons. The Morgan fingerprint density at radius 2 is 1.74 bits per heavy atom. The molecule has 1 amide bonds. The summed E-state index contributed by atoms with van der Waals surface area (Å²) in [4.78, 5) is 11.9. The zero-order valence-electron chi connectivity index (χ0n) is 11.7. The first-order valence-electron chi connectivity index (χ1n) is 6.49. The molecule has 0 saturated heterocycles. The van der Waals surface area contributed by atoms with Crippen LogP contribution in [0.25, 0.3) is 0 Å². The molecule has 0 aliphatic rings. The number of amides is 1. The summed E-state index contributed by atoms with van der Waals surface area (Å²) in [5.41, 5.74) is 5.84. The normalized spacial score (nSPS) is 10.0. The van der Waals surface area contributed by atoms with Crippen molar-refractivity contribution in [3.8, 4) is 0 Å². The van der Waals surface area contributed by atoms with Crippen molar-refractivity contribution in [1.82, 2.24) is 16.2 Å². The molecule has 2 rings (SSSR count). The lowest BCUT2D eigenvalue weighted by Gasteiger charge is -2.12. The van der Waals surface area contributed by atoms with Gasteiger partial charge in [-0.25, -0.2) is 8.78 Å². The van der Waals surface area contributed by atoms with E-state index in [9.17, 15) is 13.6 Å². The molecule has 0 aromatic heterocycles. The van der Waals surface area contributed by atoms with Gasteiger partial charge in [-0.2, -0.15) is 0 Å². The molecule has 0 spiro atoms. The molecule has 0 heterocycles. The summed E-state index contributed by atoms with van der Waals surface area (Å²) in [6.45, 7) is 0.369. The lowest BCUT2D eigenvalue weighted by molar-refractivity contribution is 0.0943. The Balaban J connectivity index is 1.81. The molecule has 2 aromatic carbocycles. The number of carbonyl (C=O) groups is 1. The van der Waals surface area contributed by atoms with Crippen LogP contribution in [-0.2, 0) is 6.54 Å². The Morgan fingerprint density at radius 1 is 1.04 bits per heavy atom. The van der Waals surface area contributed by atoms with Crippen molar-refractivity contribution in [2.24, 2.45) is 0 Å². The van der Waals surface area contributed by atoms with Gasteiger partial charge in [0.2, 0.25) is 0 Å². The molecule has 0 unspecified atom stereocenters. The Kier molecular flexibility index (Phi) is 6.00. The average Bonchev–Trinajstić information content (AvgIpc) is 2.51. The van der Waals surface area contributed by atoms with E-state index in [4.69, 9.17) is 12.2 Å². The summed E-state index contributed by atoms with van der Waals surface area (Å²) in [6.07, 6.45) is 0. The highest BCUT2D eigenvalue weighted by Gasteiger charge is 2.08. The lowest BCUT2D eigenvalue weighted by atomic mass is 10.2. The monoisotopic (exact) mass is 399 g/mol. The molecule has 3 N–H and O–H groups in total. The average molecular weight is 400 g/mol. The summed E-state index contributed by atoms with van der Waals surface area (Å²) in [7, 11) is 0. The smallest absolute Gasteiger partial charge is 0.269 e. The second-order valence-electron chi connectivity index (χ2n) is 4.55. The number of hydrazine groups is 1. The van der Waals surface area contributed by atoms with E-state index in [1.54, 1.807) is 12.1 Å². The van der Waals surface area contributed by atoms with E-state index < -0.39 is 11.7 Å². The fourth-order valence-corrected chi connectivity index (χ4v) is 2.29. The summed E-state index contributed by atoms with van der Waals surface area (Å²) in [5.74, 6) is -1.37. The topological polar surface area (TPSA) is 53.2 Å². The van der Waals surface area contributed by atoms with Crippen molar-refractivity contribution in [3.63, 3.8) is 0 Å². The number of thiocarbonyl (C=S) groups is 1. The van der Waals surface area contributed by atoms with E-state index in [1.807, 2.05) is 0 Å². The minimum Gasteiger partial charge on any atom is -0.357 e. The van der Waals surface area contributed by atoms with E-state index >= 15 is 0 Å². The summed E-state index contributed by atoms with van der Waals surface area (Å²) in [6, 6.07) is 9.76. The number of rotatable bonds is 3. The van der Waals surface area contributed by atoms with Crippen LogP contribution in [0, 0.1) is 11.6 Å². The van der Waals surface area contributed by atoms with Gasteiger partial charge in [0, 0.05) is 16.6 Å². The number of carbonyl (C=O) groups excluding carboxylic acids is 1. The van der Waals surface area contributed by atoms with Crippen LogP contribution < -0.4 is 16.2 Å². The Morgan fingerprint density at radius 3 is 2.39 bits per heavy atom. The molecule has 4 nitrogen and oxygen atoms in total. The molecule has 0 fully saturated rings. The number of hydrogen-bond acceptors (Lipinski definition) is 2. The maximum atomic E-state index is 13.2. The molecular formula is C15H12BrF2N3OS. The summed E-state index contributed by atoms with van der Waals surface area (Å²) in [5, 5.41) is 3.03. The Hall–Kier alpha value is -2.06. The maximum absolute atomic E-state index is 13.2. The number of halogens is 3. The highest BCUT2D eigenvalue weighted by Crippen LogP contribution is 2.14. The van der Waals surface area contributed by atoms with Crippen molar-refractivity contribution in [2.75, 3.05) is 0 Å². The molecule has 0 aliphatic carbocycles. The minimum atomic E-state index is -0.531. The van der Waals surface area contributed by atoms with Crippen LogP contribution in [0.15, 0.2) is 46.9 Å². The third kappa shape index (κ3) is 5.57. The van der Waals surface area contributed by atoms with Crippen LogP contribution in [0.3, 0.4) is 0 Å². The number of hydrogen-bond donors (Lipinski definition) is 3. The van der Waals surface area contributed by atoms with Crippen molar-refractivity contribution < 1.29 is 13.6 Å². The van der Waals surface area contributed by atoms with Crippen LogP contribution in [-0.4, -0.2) is 11.0 Å². The molecule has 2 aromatic rings. The van der Waals surface area contributed by atoms with Gasteiger partial charge in [-0.15, -0.1) is 0 Å². The van der Waals surface area contributed by atoms with Gasteiger partial charge >= 0.3 is 0 Å². The standard InChI is InChI=1S/C15H12BrF2N3OS/c16-11-5-10(6-13(18)7-11)14(22)20-21-15(23)19-8-9-1-3-12(17)4-2-9/h1-7H,8H2,(H,20,22)(H2,19,21,23). The van der Waals surface area contributed by atoms with Crippen LogP contribution in [0.4, 0.5) is 8.78 Å². The van der Waals surface area contributed by atoms with Gasteiger partial charge < -0.3 is 5.32 Å². The first-order chi connectivity index (χ1) is 10.9. The third-order valence-electron chi connectivity index (χ3n) is 2.78. The fourth-order valence-electron chi connectivity index (χ4n) is 1.70. The molecule has 8 heteroatoms. The van der Waals surface area contributed by atoms with Crippen LogP contribution in [0.5, 0.6) is 0 Å². The van der Waals surface area contributed by atoms with E-state index in [1.165, 1.54) is 24.3 Å². The minimum absolute atomic E-state index is 0.144. The second-order valence-corrected chi connectivity index (χ2v) is 5.87. The van der Waals surface area contributed by atoms with E-state index in [-0.39, 0.29) is 16.5 Å². The van der Waals surface area contributed by atoms with Crippen LogP contribution >= 0.6 is 28.1 Å². The quantitative estimate of drug-likeness (QED) is 0.548. The zero-order chi connectivity index (χ0) is 16.8.